The molecule has 0 spiro atoms. The quantitative estimate of drug-likeness (QED) is 0.301. The lowest BCUT2D eigenvalue weighted by Gasteiger charge is -2.09. The van der Waals surface area contributed by atoms with E-state index in [-0.39, 0.29) is 0 Å². The van der Waals surface area contributed by atoms with Crippen LogP contribution in [0.1, 0.15) is 5.56 Å². The minimum absolute atomic E-state index is 0.471. The lowest BCUT2D eigenvalue weighted by atomic mass is 9.96. The molecule has 0 saturated carbocycles. The zero-order valence-corrected chi connectivity index (χ0v) is 15.5. The van der Waals surface area contributed by atoms with Gasteiger partial charge < -0.3 is 8.83 Å². The Morgan fingerprint density at radius 2 is 1.30 bits per heavy atom. The lowest BCUT2D eigenvalue weighted by molar-refractivity contribution is 0.579. The van der Waals surface area contributed by atoms with Crippen molar-refractivity contribution in [1.82, 2.24) is 0 Å². The molecule has 5 rings (SSSR count). The summed E-state index contributed by atoms with van der Waals surface area (Å²) in [6.45, 7) is 2.02. The van der Waals surface area contributed by atoms with Gasteiger partial charge in [0.1, 0.15) is 11.2 Å². The monoisotopic (exact) mass is 368 g/mol. The first-order valence-corrected chi connectivity index (χ1v) is 9.23. The second-order valence-electron chi connectivity index (χ2n) is 6.62. The minimum Gasteiger partial charge on any atom is -0.463 e. The topological polar surface area (TPSA) is 26.3 Å². The van der Waals surface area contributed by atoms with Crippen molar-refractivity contribution in [3.05, 3.63) is 89.3 Å². The van der Waals surface area contributed by atoms with Crippen molar-refractivity contribution in [1.29, 1.82) is 0 Å². The standard InChI is InChI=1S/C24H16O2S/c1-15-23-20(21(14-25-23)17-10-6-3-7-11-17)12-19-18(13-22(27)26-24(15)19)16-8-4-2-5-9-16/h2-14H,1H3. The van der Waals surface area contributed by atoms with E-state index in [2.05, 4.69) is 30.3 Å². The number of aryl methyl sites for hydroxylation is 1. The Morgan fingerprint density at radius 1 is 0.704 bits per heavy atom. The Morgan fingerprint density at radius 3 is 1.96 bits per heavy atom. The Kier molecular flexibility index (Phi) is 3.69. The van der Waals surface area contributed by atoms with Crippen molar-refractivity contribution >= 4 is 34.2 Å². The molecule has 0 fully saturated rings. The second-order valence-corrected chi connectivity index (χ2v) is 7.02. The highest BCUT2D eigenvalue weighted by molar-refractivity contribution is 7.71. The van der Waals surface area contributed by atoms with Crippen LogP contribution in [0, 0.1) is 11.6 Å². The summed E-state index contributed by atoms with van der Waals surface area (Å²) in [5.41, 5.74) is 6.99. The summed E-state index contributed by atoms with van der Waals surface area (Å²) >= 11 is 5.39. The molecule has 3 aromatic carbocycles. The maximum atomic E-state index is 5.93. The highest BCUT2D eigenvalue weighted by Crippen LogP contribution is 2.39. The van der Waals surface area contributed by atoms with Gasteiger partial charge in [-0.25, -0.2) is 0 Å². The first-order valence-electron chi connectivity index (χ1n) is 8.82. The average molecular weight is 368 g/mol. The summed E-state index contributed by atoms with van der Waals surface area (Å²) in [6, 6.07) is 24.6. The van der Waals surface area contributed by atoms with Crippen LogP contribution in [0.4, 0.5) is 0 Å². The summed E-state index contributed by atoms with van der Waals surface area (Å²) in [6.07, 6.45) is 1.82. The molecule has 2 aromatic heterocycles. The van der Waals surface area contributed by atoms with Crippen LogP contribution in [0.3, 0.4) is 0 Å². The zero-order chi connectivity index (χ0) is 18.4. The summed E-state index contributed by atoms with van der Waals surface area (Å²) in [7, 11) is 0. The normalized spacial score (nSPS) is 11.3. The van der Waals surface area contributed by atoms with Gasteiger partial charge >= 0.3 is 0 Å². The molecule has 3 heteroatoms. The summed E-state index contributed by atoms with van der Waals surface area (Å²) < 4.78 is 12.3. The highest BCUT2D eigenvalue weighted by atomic mass is 32.1. The van der Waals surface area contributed by atoms with Gasteiger partial charge in [0, 0.05) is 28.0 Å². The molecule has 0 radical (unpaired) electrons. The Bertz CT molecular complexity index is 1330. The van der Waals surface area contributed by atoms with Crippen LogP contribution < -0.4 is 0 Å². The van der Waals surface area contributed by atoms with Crippen molar-refractivity contribution in [2.75, 3.05) is 0 Å². The van der Waals surface area contributed by atoms with Crippen molar-refractivity contribution in [3.8, 4) is 22.3 Å². The molecule has 0 unspecified atom stereocenters. The third-order valence-electron chi connectivity index (χ3n) is 4.97. The fourth-order valence-corrected chi connectivity index (χ4v) is 3.87. The number of rotatable bonds is 2. The van der Waals surface area contributed by atoms with Gasteiger partial charge in [-0.2, -0.15) is 0 Å². The zero-order valence-electron chi connectivity index (χ0n) is 14.7. The third-order valence-corrected chi connectivity index (χ3v) is 5.17. The molecule has 0 N–H and O–H groups in total. The Hall–Kier alpha value is -3.17. The first kappa shape index (κ1) is 16.0. The molecular formula is C24H16O2S. The SMILES string of the molecule is Cc1c2occ(-c3ccccc3)c2cc2c(-c3ccccc3)cc(=S)oc12. The molecular weight excluding hydrogens is 352 g/mol. The molecule has 0 aliphatic rings. The average Bonchev–Trinajstić information content (AvgIpc) is 3.14. The van der Waals surface area contributed by atoms with Crippen molar-refractivity contribution in [2.24, 2.45) is 0 Å². The van der Waals surface area contributed by atoms with Crippen LogP contribution in [0.2, 0.25) is 0 Å². The largest absolute Gasteiger partial charge is 0.463 e. The predicted molar refractivity (Wildman–Crippen MR) is 112 cm³/mol. The van der Waals surface area contributed by atoms with Gasteiger partial charge in [-0.15, -0.1) is 0 Å². The van der Waals surface area contributed by atoms with Crippen LogP contribution in [-0.4, -0.2) is 0 Å². The Balaban J connectivity index is 1.90. The number of fused-ring (bicyclic) bond motifs is 2. The number of benzene rings is 3. The molecule has 0 aliphatic carbocycles. The lowest BCUT2D eigenvalue weighted by Crippen LogP contribution is -1.86. The fraction of sp³-hybridized carbons (Fsp3) is 0.0417. The molecule has 2 heterocycles. The number of hydrogen-bond donors (Lipinski definition) is 0. The molecule has 2 nitrogen and oxygen atoms in total. The fourth-order valence-electron chi connectivity index (χ4n) is 3.67. The smallest absolute Gasteiger partial charge is 0.191 e. The van der Waals surface area contributed by atoms with E-state index in [0.29, 0.717) is 4.71 Å². The van der Waals surface area contributed by atoms with Crippen molar-refractivity contribution < 1.29 is 8.83 Å². The van der Waals surface area contributed by atoms with E-state index in [1.54, 1.807) is 0 Å². The highest BCUT2D eigenvalue weighted by Gasteiger charge is 2.17. The molecule has 0 amide bonds. The van der Waals surface area contributed by atoms with Gasteiger partial charge in [-0.05, 0) is 41.9 Å². The third kappa shape index (κ3) is 2.59. The van der Waals surface area contributed by atoms with Gasteiger partial charge in [0.2, 0.25) is 0 Å². The molecule has 27 heavy (non-hydrogen) atoms. The van der Waals surface area contributed by atoms with E-state index in [9.17, 15) is 0 Å². The summed E-state index contributed by atoms with van der Waals surface area (Å²) in [5, 5.41) is 2.12. The van der Waals surface area contributed by atoms with Gasteiger partial charge in [0.25, 0.3) is 0 Å². The molecule has 0 saturated heterocycles. The van der Waals surface area contributed by atoms with Gasteiger partial charge in [-0.3, -0.25) is 0 Å². The van der Waals surface area contributed by atoms with E-state index in [4.69, 9.17) is 21.1 Å². The van der Waals surface area contributed by atoms with Crippen LogP contribution in [0.15, 0.2) is 87.9 Å². The minimum atomic E-state index is 0.471. The van der Waals surface area contributed by atoms with Crippen LogP contribution >= 0.6 is 12.2 Å². The maximum Gasteiger partial charge on any atom is 0.191 e. The van der Waals surface area contributed by atoms with E-state index in [1.165, 1.54) is 0 Å². The summed E-state index contributed by atoms with van der Waals surface area (Å²) in [5.74, 6) is 0. The van der Waals surface area contributed by atoms with E-state index < -0.39 is 0 Å². The van der Waals surface area contributed by atoms with Gasteiger partial charge in [0.15, 0.2) is 4.71 Å². The Labute approximate surface area is 161 Å². The maximum absolute atomic E-state index is 5.93. The van der Waals surface area contributed by atoms with Crippen LogP contribution in [0.25, 0.3) is 44.2 Å². The van der Waals surface area contributed by atoms with Crippen LogP contribution in [0.5, 0.6) is 0 Å². The van der Waals surface area contributed by atoms with E-state index in [1.807, 2.05) is 55.7 Å². The van der Waals surface area contributed by atoms with E-state index >= 15 is 0 Å². The molecule has 130 valence electrons. The number of hydrogen-bond acceptors (Lipinski definition) is 3. The molecule has 0 atom stereocenters. The van der Waals surface area contributed by atoms with E-state index in [0.717, 1.165) is 49.8 Å². The number of furan rings is 1. The predicted octanol–water partition coefficient (Wildman–Crippen LogP) is 7.55. The molecule has 5 aromatic rings. The first-order chi connectivity index (χ1) is 13.2. The van der Waals surface area contributed by atoms with Gasteiger partial charge in [-0.1, -0.05) is 60.7 Å². The molecule has 0 aliphatic heterocycles. The van der Waals surface area contributed by atoms with Crippen molar-refractivity contribution in [2.45, 2.75) is 6.92 Å². The summed E-state index contributed by atoms with van der Waals surface area (Å²) in [4.78, 5) is 0. The second kappa shape index (κ2) is 6.22. The van der Waals surface area contributed by atoms with Crippen molar-refractivity contribution in [3.63, 3.8) is 0 Å². The van der Waals surface area contributed by atoms with Crippen LogP contribution in [-0.2, 0) is 0 Å². The molecule has 0 bridgehead atoms. The van der Waals surface area contributed by atoms with Gasteiger partial charge in [0.05, 0.1) is 6.26 Å².